The summed E-state index contributed by atoms with van der Waals surface area (Å²) in [5.41, 5.74) is 0. The Morgan fingerprint density at radius 3 is 2.75 bits per heavy atom. The van der Waals surface area contributed by atoms with Gasteiger partial charge in [0.25, 0.3) is 5.91 Å². The molecule has 1 aromatic heterocycles. The summed E-state index contributed by atoms with van der Waals surface area (Å²) in [4.78, 5) is 26.1. The van der Waals surface area contributed by atoms with Gasteiger partial charge in [-0.1, -0.05) is 6.07 Å². The number of aliphatic hydroxyl groups is 1. The molecule has 0 atom stereocenters. The quantitative estimate of drug-likeness (QED) is 0.764. The van der Waals surface area contributed by atoms with Crippen molar-refractivity contribution in [3.63, 3.8) is 0 Å². The summed E-state index contributed by atoms with van der Waals surface area (Å²) in [5.74, 6) is -0.140. The Morgan fingerprint density at radius 2 is 2.20 bits per heavy atom. The average Bonchev–Trinajstić information content (AvgIpc) is 2.92. The molecule has 1 heterocycles. The zero-order chi connectivity index (χ0) is 15.0. The first-order valence-electron chi connectivity index (χ1n) is 6.78. The van der Waals surface area contributed by atoms with Crippen molar-refractivity contribution in [2.75, 3.05) is 19.7 Å². The lowest BCUT2D eigenvalue weighted by Gasteiger charge is -2.26. The number of hydrogen-bond donors (Lipinski definition) is 2. The molecule has 112 valence electrons. The number of carbonyl (C=O) groups is 2. The van der Waals surface area contributed by atoms with Crippen LogP contribution in [0.2, 0.25) is 0 Å². The Morgan fingerprint density at radius 1 is 1.45 bits per heavy atom. The van der Waals surface area contributed by atoms with Crippen molar-refractivity contribution in [2.24, 2.45) is 0 Å². The van der Waals surface area contributed by atoms with E-state index >= 15 is 0 Å². The molecule has 0 saturated carbocycles. The topological polar surface area (TPSA) is 69.6 Å². The number of rotatable bonds is 8. The molecule has 2 N–H and O–H groups in total. The lowest BCUT2D eigenvalue weighted by molar-refractivity contribution is -0.132. The standard InChI is InChI=1S/C14H22N2O3S/c1-11(2)16(8-4-9-17)13(18)6-7-15-14(19)12-5-3-10-20-12/h3,5,10-11,17H,4,6-9H2,1-2H3,(H,15,19). The minimum atomic E-state index is -0.140. The minimum Gasteiger partial charge on any atom is -0.396 e. The fourth-order valence-corrected chi connectivity index (χ4v) is 2.47. The normalized spacial score (nSPS) is 10.6. The summed E-state index contributed by atoms with van der Waals surface area (Å²) in [6.07, 6.45) is 0.853. The zero-order valence-corrected chi connectivity index (χ0v) is 12.8. The number of carbonyl (C=O) groups excluding carboxylic acids is 2. The van der Waals surface area contributed by atoms with E-state index in [1.165, 1.54) is 11.3 Å². The number of aliphatic hydroxyl groups excluding tert-OH is 1. The van der Waals surface area contributed by atoms with Gasteiger partial charge in [0.2, 0.25) is 5.91 Å². The van der Waals surface area contributed by atoms with Gasteiger partial charge in [0.05, 0.1) is 4.88 Å². The molecule has 0 unspecified atom stereocenters. The molecule has 0 bridgehead atoms. The Balaban J connectivity index is 2.35. The second-order valence-electron chi connectivity index (χ2n) is 4.74. The number of hydrogen-bond acceptors (Lipinski definition) is 4. The molecule has 0 aliphatic heterocycles. The van der Waals surface area contributed by atoms with Crippen molar-refractivity contribution in [2.45, 2.75) is 32.7 Å². The summed E-state index contributed by atoms with van der Waals surface area (Å²) in [7, 11) is 0. The number of nitrogens with zero attached hydrogens (tertiary/aromatic N) is 1. The third-order valence-corrected chi connectivity index (χ3v) is 3.74. The second-order valence-corrected chi connectivity index (χ2v) is 5.69. The number of thiophene rings is 1. The van der Waals surface area contributed by atoms with Gasteiger partial charge in [0, 0.05) is 32.2 Å². The van der Waals surface area contributed by atoms with E-state index in [9.17, 15) is 9.59 Å². The van der Waals surface area contributed by atoms with Crippen molar-refractivity contribution in [1.29, 1.82) is 0 Å². The maximum atomic E-state index is 12.1. The number of nitrogens with one attached hydrogen (secondary N) is 1. The molecule has 0 radical (unpaired) electrons. The molecule has 0 fully saturated rings. The molecule has 0 saturated heterocycles. The minimum absolute atomic E-state index is 0.0000652. The predicted octanol–water partition coefficient (Wildman–Crippen LogP) is 1.49. The monoisotopic (exact) mass is 298 g/mol. The van der Waals surface area contributed by atoms with Crippen molar-refractivity contribution in [3.05, 3.63) is 22.4 Å². The van der Waals surface area contributed by atoms with Gasteiger partial charge in [0.15, 0.2) is 0 Å². The molecular weight excluding hydrogens is 276 g/mol. The SMILES string of the molecule is CC(C)N(CCCO)C(=O)CCNC(=O)c1cccs1. The van der Waals surface area contributed by atoms with Crippen molar-refractivity contribution in [1.82, 2.24) is 10.2 Å². The van der Waals surface area contributed by atoms with E-state index in [0.717, 1.165) is 0 Å². The van der Waals surface area contributed by atoms with E-state index in [0.29, 0.717) is 24.4 Å². The highest BCUT2D eigenvalue weighted by Crippen LogP contribution is 2.08. The fourth-order valence-electron chi connectivity index (χ4n) is 1.83. The summed E-state index contributed by atoms with van der Waals surface area (Å²) in [5, 5.41) is 13.4. The van der Waals surface area contributed by atoms with Gasteiger partial charge in [-0.2, -0.15) is 0 Å². The predicted molar refractivity (Wildman–Crippen MR) is 79.8 cm³/mol. The third kappa shape index (κ3) is 5.30. The second kappa shape index (κ2) is 8.71. The van der Waals surface area contributed by atoms with E-state index in [-0.39, 0.29) is 30.9 Å². The highest BCUT2D eigenvalue weighted by Gasteiger charge is 2.16. The fraction of sp³-hybridized carbons (Fsp3) is 0.571. The Hall–Kier alpha value is -1.40. The van der Waals surface area contributed by atoms with E-state index in [1.54, 1.807) is 11.0 Å². The molecule has 5 nitrogen and oxygen atoms in total. The molecule has 2 amide bonds. The summed E-state index contributed by atoms with van der Waals surface area (Å²) < 4.78 is 0. The van der Waals surface area contributed by atoms with Crippen LogP contribution in [0.4, 0.5) is 0 Å². The Bertz CT molecular complexity index is 418. The van der Waals surface area contributed by atoms with Crippen LogP contribution in [-0.4, -0.2) is 47.6 Å². The van der Waals surface area contributed by atoms with Gasteiger partial charge in [-0.15, -0.1) is 11.3 Å². The Kier molecular flexibility index (Phi) is 7.25. The molecule has 0 aliphatic rings. The van der Waals surface area contributed by atoms with Gasteiger partial charge in [0.1, 0.15) is 0 Å². The molecule has 0 aliphatic carbocycles. The molecule has 20 heavy (non-hydrogen) atoms. The lowest BCUT2D eigenvalue weighted by Crippen LogP contribution is -2.39. The van der Waals surface area contributed by atoms with Gasteiger partial charge in [-0.25, -0.2) is 0 Å². The van der Waals surface area contributed by atoms with Gasteiger partial charge >= 0.3 is 0 Å². The smallest absolute Gasteiger partial charge is 0.261 e. The maximum Gasteiger partial charge on any atom is 0.261 e. The van der Waals surface area contributed by atoms with Crippen molar-refractivity contribution < 1.29 is 14.7 Å². The van der Waals surface area contributed by atoms with Crippen LogP contribution in [0.25, 0.3) is 0 Å². The average molecular weight is 298 g/mol. The van der Waals surface area contributed by atoms with Crippen LogP contribution >= 0.6 is 11.3 Å². The summed E-state index contributed by atoms with van der Waals surface area (Å²) >= 11 is 1.38. The zero-order valence-electron chi connectivity index (χ0n) is 12.0. The first kappa shape index (κ1) is 16.7. The molecule has 1 aromatic rings. The van der Waals surface area contributed by atoms with Crippen LogP contribution in [0.15, 0.2) is 17.5 Å². The molecule has 0 aromatic carbocycles. The van der Waals surface area contributed by atoms with Crippen molar-refractivity contribution in [3.8, 4) is 0 Å². The first-order valence-corrected chi connectivity index (χ1v) is 7.66. The summed E-state index contributed by atoms with van der Waals surface area (Å²) in [6, 6.07) is 3.67. The van der Waals surface area contributed by atoms with Crippen LogP contribution in [0.5, 0.6) is 0 Å². The van der Waals surface area contributed by atoms with Gasteiger partial charge < -0.3 is 15.3 Å². The number of amides is 2. The molecule has 0 spiro atoms. The van der Waals surface area contributed by atoms with Crippen LogP contribution in [-0.2, 0) is 4.79 Å². The van der Waals surface area contributed by atoms with E-state index in [1.807, 2.05) is 25.3 Å². The van der Waals surface area contributed by atoms with Crippen LogP contribution in [0.3, 0.4) is 0 Å². The highest BCUT2D eigenvalue weighted by atomic mass is 32.1. The first-order chi connectivity index (χ1) is 9.56. The van der Waals surface area contributed by atoms with Crippen LogP contribution in [0, 0.1) is 0 Å². The van der Waals surface area contributed by atoms with Crippen molar-refractivity contribution >= 4 is 23.2 Å². The van der Waals surface area contributed by atoms with E-state index in [4.69, 9.17) is 5.11 Å². The van der Waals surface area contributed by atoms with Gasteiger partial charge in [-0.05, 0) is 31.7 Å². The molecular formula is C14H22N2O3S. The largest absolute Gasteiger partial charge is 0.396 e. The Labute approximate surface area is 123 Å². The van der Waals surface area contributed by atoms with E-state index in [2.05, 4.69) is 5.32 Å². The van der Waals surface area contributed by atoms with Crippen LogP contribution < -0.4 is 5.32 Å². The highest BCUT2D eigenvalue weighted by molar-refractivity contribution is 7.12. The molecule has 6 heteroatoms. The maximum absolute atomic E-state index is 12.1. The summed E-state index contributed by atoms with van der Waals surface area (Å²) in [6.45, 7) is 4.84. The molecule has 1 rings (SSSR count). The van der Waals surface area contributed by atoms with E-state index < -0.39 is 0 Å². The van der Waals surface area contributed by atoms with Gasteiger partial charge in [-0.3, -0.25) is 9.59 Å². The lowest BCUT2D eigenvalue weighted by atomic mass is 10.2. The van der Waals surface area contributed by atoms with Crippen LogP contribution in [0.1, 0.15) is 36.4 Å². The third-order valence-electron chi connectivity index (χ3n) is 2.87.